The number of aliphatic hydroxyl groups is 3. The van der Waals surface area contributed by atoms with Gasteiger partial charge in [0.15, 0.2) is 5.60 Å². The van der Waals surface area contributed by atoms with Gasteiger partial charge in [-0.1, -0.05) is 25.1 Å². The van der Waals surface area contributed by atoms with Gasteiger partial charge in [0, 0.05) is 83.0 Å². The number of aliphatic hydroxyl groups excluding tert-OH is 2. The molecule has 1 spiro atoms. The van der Waals surface area contributed by atoms with Crippen LogP contribution in [0.25, 0.3) is 0 Å². The molecule has 12 nitrogen and oxygen atoms in total. The molecule has 12 heteroatoms. The van der Waals surface area contributed by atoms with Gasteiger partial charge in [0.1, 0.15) is 23.9 Å². The van der Waals surface area contributed by atoms with E-state index in [9.17, 15) is 24.9 Å². The third-order valence-electron chi connectivity index (χ3n) is 13.2. The third-order valence-corrected chi connectivity index (χ3v) is 13.2. The van der Waals surface area contributed by atoms with E-state index in [1.807, 2.05) is 6.92 Å². The van der Waals surface area contributed by atoms with Crippen molar-refractivity contribution in [2.45, 2.75) is 80.6 Å². The zero-order valence-electron chi connectivity index (χ0n) is 27.3. The Labute approximate surface area is 269 Å². The molecule has 5 aliphatic carbocycles. The Balaban J connectivity index is 1.53. The molecule has 1 aromatic carbocycles. The number of ether oxygens (including phenoxy) is 6. The van der Waals surface area contributed by atoms with E-state index in [2.05, 4.69) is 4.90 Å². The summed E-state index contributed by atoms with van der Waals surface area (Å²) in [6.07, 6.45) is -5.49. The summed E-state index contributed by atoms with van der Waals surface area (Å²) in [7, 11) is 6.27. The van der Waals surface area contributed by atoms with Gasteiger partial charge in [0.25, 0.3) is 0 Å². The lowest BCUT2D eigenvalue weighted by atomic mass is 9.42. The van der Waals surface area contributed by atoms with Crippen LogP contribution in [0.15, 0.2) is 30.3 Å². The highest BCUT2D eigenvalue weighted by Gasteiger charge is 2.92. The van der Waals surface area contributed by atoms with Crippen LogP contribution >= 0.6 is 0 Å². The molecule has 0 aromatic heterocycles. The monoisotopic (exact) mass is 645 g/mol. The van der Waals surface area contributed by atoms with E-state index in [-0.39, 0.29) is 25.0 Å². The second-order valence-corrected chi connectivity index (χ2v) is 14.4. The van der Waals surface area contributed by atoms with Gasteiger partial charge < -0.3 is 43.7 Å². The molecule has 4 unspecified atom stereocenters. The van der Waals surface area contributed by atoms with Crippen molar-refractivity contribution in [3.63, 3.8) is 0 Å². The van der Waals surface area contributed by atoms with Crippen molar-refractivity contribution < 1.29 is 53.3 Å². The summed E-state index contributed by atoms with van der Waals surface area (Å²) < 4.78 is 37.4. The molecule has 0 radical (unpaired) electrons. The number of piperidine rings is 1. The van der Waals surface area contributed by atoms with Crippen molar-refractivity contribution in [2.75, 3.05) is 48.1 Å². The Kier molecular flexibility index (Phi) is 7.69. The number of carbonyl (C=O) groups is 2. The molecular weight excluding hydrogens is 598 g/mol. The summed E-state index contributed by atoms with van der Waals surface area (Å²) >= 11 is 0. The molecule has 1 heterocycles. The van der Waals surface area contributed by atoms with E-state index in [0.29, 0.717) is 25.1 Å². The topological polar surface area (TPSA) is 153 Å². The van der Waals surface area contributed by atoms with E-state index in [1.54, 1.807) is 51.7 Å². The highest BCUT2D eigenvalue weighted by molar-refractivity contribution is 5.89. The van der Waals surface area contributed by atoms with Crippen molar-refractivity contribution in [1.82, 2.24) is 4.90 Å². The minimum atomic E-state index is -1.83. The quantitative estimate of drug-likeness (QED) is 0.323. The molecular formula is C34H47NO11. The predicted octanol–water partition coefficient (Wildman–Crippen LogP) is 0.648. The average molecular weight is 646 g/mol. The first-order valence-corrected chi connectivity index (χ1v) is 16.3. The van der Waals surface area contributed by atoms with E-state index >= 15 is 0 Å². The predicted molar refractivity (Wildman–Crippen MR) is 160 cm³/mol. The maximum absolute atomic E-state index is 13.8. The summed E-state index contributed by atoms with van der Waals surface area (Å²) in [4.78, 5) is 29.3. The van der Waals surface area contributed by atoms with Gasteiger partial charge in [-0.15, -0.1) is 0 Å². The van der Waals surface area contributed by atoms with Gasteiger partial charge in [-0.25, -0.2) is 4.79 Å². The molecule has 1 saturated heterocycles. The van der Waals surface area contributed by atoms with Gasteiger partial charge in [0.05, 0.1) is 30.5 Å². The number of methoxy groups -OCH3 is 4. The van der Waals surface area contributed by atoms with Crippen LogP contribution in [0.4, 0.5) is 0 Å². The maximum atomic E-state index is 13.8. The lowest BCUT2D eigenvalue weighted by molar-refractivity contribution is -0.322. The van der Waals surface area contributed by atoms with Crippen molar-refractivity contribution in [3.05, 3.63) is 35.9 Å². The second kappa shape index (κ2) is 10.9. The van der Waals surface area contributed by atoms with Gasteiger partial charge >= 0.3 is 11.9 Å². The fourth-order valence-corrected chi connectivity index (χ4v) is 12.3. The first-order valence-electron chi connectivity index (χ1n) is 16.3. The molecule has 6 fully saturated rings. The number of hydrogen-bond acceptors (Lipinski definition) is 12. The normalized spacial score (nSPS) is 49.9. The van der Waals surface area contributed by atoms with Crippen molar-refractivity contribution >= 4 is 11.9 Å². The van der Waals surface area contributed by atoms with E-state index in [0.717, 1.165) is 0 Å². The SMILES string of the molecule is CCN1C[C@@]2(COC)C3[C@@H](OC)C4[C@@H]1C3(C(OC)C[C@H]2O)[C@@H]1C[C@]2(O)[C@H](OC(=O)c3ccccc3)[C@@H]1[C@]4(OC(C)=O)[C@@H](O)[C@@H]2OC. The number of likely N-dealkylation sites (tertiary alicyclic amines) is 1. The van der Waals surface area contributed by atoms with Crippen LogP contribution in [0.2, 0.25) is 0 Å². The molecule has 7 rings (SSSR count). The number of benzene rings is 1. The summed E-state index contributed by atoms with van der Waals surface area (Å²) in [6, 6.07) is 8.18. The first-order chi connectivity index (χ1) is 22.0. The lowest BCUT2D eigenvalue weighted by Crippen LogP contribution is -2.81. The summed E-state index contributed by atoms with van der Waals surface area (Å²) in [5.74, 6) is -3.65. The van der Waals surface area contributed by atoms with Crippen LogP contribution in [-0.4, -0.2) is 134 Å². The van der Waals surface area contributed by atoms with Crippen LogP contribution in [0.1, 0.15) is 37.0 Å². The fraction of sp³-hybridized carbons (Fsp3) is 0.765. The number of rotatable bonds is 9. The molecule has 5 saturated carbocycles. The molecule has 15 atom stereocenters. The number of nitrogens with zero attached hydrogens (tertiary/aromatic N) is 1. The van der Waals surface area contributed by atoms with E-state index < -0.39 is 88.3 Å². The Morgan fingerprint density at radius 3 is 2.30 bits per heavy atom. The third kappa shape index (κ3) is 3.62. The summed E-state index contributed by atoms with van der Waals surface area (Å²) in [5.41, 5.74) is -4.79. The van der Waals surface area contributed by atoms with E-state index in [1.165, 1.54) is 14.0 Å². The Hall–Kier alpha value is -2.16. The molecule has 3 N–H and O–H groups in total. The lowest BCUT2D eigenvalue weighted by Gasteiger charge is -2.70. The largest absolute Gasteiger partial charge is 0.455 e. The summed E-state index contributed by atoms with van der Waals surface area (Å²) in [5, 5.41) is 37.3. The fourth-order valence-electron chi connectivity index (χ4n) is 12.3. The number of carbonyl (C=O) groups excluding carboxylic acids is 2. The van der Waals surface area contributed by atoms with Crippen LogP contribution in [-0.2, 0) is 33.2 Å². The van der Waals surface area contributed by atoms with Gasteiger partial charge in [0.2, 0.25) is 0 Å². The van der Waals surface area contributed by atoms with Crippen molar-refractivity contribution in [3.8, 4) is 0 Å². The summed E-state index contributed by atoms with van der Waals surface area (Å²) in [6.45, 7) is 4.68. The molecule has 1 aliphatic heterocycles. The van der Waals surface area contributed by atoms with Crippen molar-refractivity contribution in [2.24, 2.45) is 34.5 Å². The zero-order valence-corrected chi connectivity index (χ0v) is 27.3. The minimum Gasteiger partial charge on any atom is -0.455 e. The number of esters is 2. The maximum Gasteiger partial charge on any atom is 0.338 e. The number of fused-ring (bicyclic) bond motifs is 2. The smallest absolute Gasteiger partial charge is 0.338 e. The first kappa shape index (κ1) is 32.4. The number of hydrogen-bond donors (Lipinski definition) is 3. The van der Waals surface area contributed by atoms with Gasteiger partial charge in [-0.2, -0.15) is 0 Å². The van der Waals surface area contributed by atoms with Gasteiger partial charge in [-0.3, -0.25) is 9.69 Å². The van der Waals surface area contributed by atoms with Gasteiger partial charge in [-0.05, 0) is 31.0 Å². The molecule has 7 bridgehead atoms. The van der Waals surface area contributed by atoms with E-state index in [4.69, 9.17) is 28.4 Å². The highest BCUT2D eigenvalue weighted by Crippen LogP contribution is 2.80. The highest BCUT2D eigenvalue weighted by atomic mass is 16.6. The molecule has 254 valence electrons. The Morgan fingerprint density at radius 2 is 1.72 bits per heavy atom. The van der Waals surface area contributed by atoms with Crippen LogP contribution in [0.3, 0.4) is 0 Å². The molecule has 46 heavy (non-hydrogen) atoms. The van der Waals surface area contributed by atoms with Crippen LogP contribution < -0.4 is 0 Å². The molecule has 6 aliphatic rings. The standard InChI is InChI=1S/C34H47NO11/c1-7-35-15-31(16-41-3)20(37)13-21(42-4)33-19-14-32(40)28(45-30(39)18-11-9-8-10-12-18)22(19)34(46-17(2)36,27(38)29(32)44-6)23(26(33)35)24(43-5)25(31)33/h8-12,19-29,37-38,40H,7,13-16H2,1-6H3/t19-,20-,21?,22-,23?,24+,25?,26-,27+,28-,29+,31+,32+,33?,34-/m1/s1. The average Bonchev–Trinajstić information content (AvgIpc) is 3.41. The van der Waals surface area contributed by atoms with Crippen molar-refractivity contribution in [1.29, 1.82) is 0 Å². The minimum absolute atomic E-state index is 0.0791. The second-order valence-electron chi connectivity index (χ2n) is 14.4. The van der Waals surface area contributed by atoms with Crippen LogP contribution in [0.5, 0.6) is 0 Å². The van der Waals surface area contributed by atoms with Crippen LogP contribution in [0, 0.1) is 34.5 Å². The Bertz CT molecular complexity index is 1360. The molecule has 0 amide bonds. The molecule has 1 aromatic rings. The zero-order chi connectivity index (χ0) is 33.0. The Morgan fingerprint density at radius 1 is 1.00 bits per heavy atom.